The van der Waals surface area contributed by atoms with Crippen molar-refractivity contribution in [3.8, 4) is 0 Å². The summed E-state index contributed by atoms with van der Waals surface area (Å²) in [6.07, 6.45) is 4.14. The van der Waals surface area contributed by atoms with Gasteiger partial charge in [0.2, 0.25) is 0 Å². The van der Waals surface area contributed by atoms with E-state index in [1.54, 1.807) is 0 Å². The summed E-state index contributed by atoms with van der Waals surface area (Å²) in [5, 5.41) is 0. The van der Waals surface area contributed by atoms with Crippen LogP contribution in [0.2, 0.25) is 0 Å². The predicted octanol–water partition coefficient (Wildman–Crippen LogP) is 1.54. The van der Waals surface area contributed by atoms with Crippen molar-refractivity contribution in [2.75, 3.05) is 46.2 Å². The van der Waals surface area contributed by atoms with Crippen molar-refractivity contribution in [2.24, 2.45) is 10.8 Å². The fourth-order valence-corrected chi connectivity index (χ4v) is 3.36. The summed E-state index contributed by atoms with van der Waals surface area (Å²) in [4.78, 5) is 77.7. The summed E-state index contributed by atoms with van der Waals surface area (Å²) >= 11 is 0. The summed E-state index contributed by atoms with van der Waals surface area (Å²) < 4.78 is 42.4. The average molecular weight is 603 g/mol. The Balaban J connectivity index is 6.33. The van der Waals surface area contributed by atoms with Crippen molar-refractivity contribution < 1.29 is 66.5 Å². The van der Waals surface area contributed by atoms with Crippen LogP contribution in [0.15, 0.2) is 63.3 Å². The van der Waals surface area contributed by atoms with E-state index in [9.17, 15) is 38.3 Å². The molecule has 0 bridgehead atoms. The molecule has 0 aliphatic rings. The molecular formula is C26H35O14P. The summed E-state index contributed by atoms with van der Waals surface area (Å²) in [5.41, 5.74) is -3.04. The van der Waals surface area contributed by atoms with Gasteiger partial charge in [-0.3, -0.25) is 9.32 Å². The molecule has 0 fully saturated rings. The Morgan fingerprint density at radius 2 is 0.951 bits per heavy atom. The topological polar surface area (TPSA) is 198 Å². The second-order valence-electron chi connectivity index (χ2n) is 8.67. The molecule has 0 heterocycles. The number of ether oxygens (including phenoxy) is 5. The maximum atomic E-state index is 12.0. The first-order valence-electron chi connectivity index (χ1n) is 11.8. The van der Waals surface area contributed by atoms with Crippen LogP contribution in [0.4, 0.5) is 0 Å². The first-order valence-corrected chi connectivity index (χ1v) is 13.3. The van der Waals surface area contributed by atoms with Crippen molar-refractivity contribution in [1.29, 1.82) is 0 Å². The number of hydrogen-bond acceptors (Lipinski definition) is 12. The zero-order chi connectivity index (χ0) is 31.5. The Morgan fingerprint density at radius 1 is 0.585 bits per heavy atom. The zero-order valence-electron chi connectivity index (χ0n) is 22.5. The van der Waals surface area contributed by atoms with E-state index in [2.05, 4.69) is 37.4 Å². The van der Waals surface area contributed by atoms with Gasteiger partial charge in [0.15, 0.2) is 5.78 Å². The molecule has 0 aliphatic heterocycles. The van der Waals surface area contributed by atoms with Gasteiger partial charge < -0.3 is 33.5 Å². The third-order valence-electron chi connectivity index (χ3n) is 5.23. The summed E-state index contributed by atoms with van der Waals surface area (Å²) in [6.45, 7) is 12.8. The van der Waals surface area contributed by atoms with Gasteiger partial charge >= 0.3 is 31.7 Å². The fraction of sp³-hybridized carbons (Fsp3) is 0.423. The molecule has 0 aromatic rings. The lowest BCUT2D eigenvalue weighted by molar-refractivity contribution is -0.164. The van der Waals surface area contributed by atoms with Crippen LogP contribution in [0.1, 0.15) is 12.8 Å². The van der Waals surface area contributed by atoms with Gasteiger partial charge in [-0.2, -0.15) is 0 Å². The number of ketones is 1. The molecule has 0 radical (unpaired) electrons. The monoisotopic (exact) mass is 602 g/mol. The summed E-state index contributed by atoms with van der Waals surface area (Å²) in [6, 6.07) is 0. The van der Waals surface area contributed by atoms with Crippen LogP contribution in [-0.2, 0) is 56.7 Å². The van der Waals surface area contributed by atoms with Gasteiger partial charge in [-0.25, -0.2) is 23.7 Å². The van der Waals surface area contributed by atoms with Crippen LogP contribution >= 0.6 is 7.82 Å². The van der Waals surface area contributed by atoms with E-state index in [0.717, 1.165) is 30.4 Å². The first kappa shape index (κ1) is 37.3. The van der Waals surface area contributed by atoms with E-state index in [4.69, 9.17) is 23.7 Å². The normalized spacial score (nSPS) is 12.5. The predicted molar refractivity (Wildman–Crippen MR) is 143 cm³/mol. The molecule has 41 heavy (non-hydrogen) atoms. The second kappa shape index (κ2) is 18.6. The number of carbonyl (C=O) groups excluding carboxylic acids is 5. The number of allylic oxidation sites excluding steroid dienone is 1. The van der Waals surface area contributed by atoms with Crippen LogP contribution < -0.4 is 0 Å². The third kappa shape index (κ3) is 16.2. The lowest BCUT2D eigenvalue weighted by Gasteiger charge is -2.36. The highest BCUT2D eigenvalue weighted by Gasteiger charge is 2.40. The van der Waals surface area contributed by atoms with Gasteiger partial charge in [0, 0.05) is 30.7 Å². The lowest BCUT2D eigenvalue weighted by atomic mass is 9.84. The van der Waals surface area contributed by atoms with Crippen LogP contribution in [0, 0.1) is 10.8 Å². The molecule has 0 amide bonds. The van der Waals surface area contributed by atoms with Crippen LogP contribution in [0.25, 0.3) is 0 Å². The van der Waals surface area contributed by atoms with Crippen LogP contribution in [0.5, 0.6) is 0 Å². The molecule has 0 saturated carbocycles. The maximum absolute atomic E-state index is 12.0. The fourth-order valence-electron chi connectivity index (χ4n) is 2.92. The SMILES string of the molecule is C=CC(=O)CCC(COCC(COC(=O)C=C)(COC(=O)C=C)COC(=O)C=C)(COC(=O)C=C)COP(=O)(O)O. The average Bonchev–Trinajstić information content (AvgIpc) is 2.96. The van der Waals surface area contributed by atoms with Crippen molar-refractivity contribution in [3.63, 3.8) is 0 Å². The zero-order valence-corrected chi connectivity index (χ0v) is 23.4. The largest absolute Gasteiger partial charge is 0.469 e. The summed E-state index contributed by atoms with van der Waals surface area (Å²) in [7, 11) is -5.03. The van der Waals surface area contributed by atoms with E-state index < -0.39 is 94.6 Å². The molecule has 0 rings (SSSR count). The molecule has 0 aromatic heterocycles. The molecule has 0 saturated heterocycles. The van der Waals surface area contributed by atoms with Gasteiger partial charge in [0.1, 0.15) is 26.4 Å². The lowest BCUT2D eigenvalue weighted by Crippen LogP contribution is -2.45. The van der Waals surface area contributed by atoms with E-state index in [1.165, 1.54) is 0 Å². The van der Waals surface area contributed by atoms with Gasteiger partial charge in [0.25, 0.3) is 0 Å². The Kier molecular flexibility index (Phi) is 17.0. The number of phosphoric acid groups is 1. The van der Waals surface area contributed by atoms with E-state index >= 15 is 0 Å². The highest BCUT2D eigenvalue weighted by molar-refractivity contribution is 7.46. The standard InChI is InChI=1S/C26H35O14P/c1-6-20(27)11-12-25(15-36-21(28)7-2,19-40-41(32,33)34)13-35-14-26(16-37-22(29)8-3,17-38-23(30)9-4)18-39-24(31)10-5/h6-10H,1-5,11-19H2,(H2,32,33,34). The minimum atomic E-state index is -5.03. The molecule has 0 spiro atoms. The van der Waals surface area contributed by atoms with Gasteiger partial charge in [-0.05, 0) is 12.5 Å². The van der Waals surface area contributed by atoms with Crippen molar-refractivity contribution in [2.45, 2.75) is 12.8 Å². The quantitative estimate of drug-likeness (QED) is 0.0739. The van der Waals surface area contributed by atoms with E-state index in [0.29, 0.717) is 0 Å². The first-order chi connectivity index (χ1) is 19.2. The van der Waals surface area contributed by atoms with Gasteiger partial charge in [-0.15, -0.1) is 0 Å². The molecule has 0 aliphatic carbocycles. The Bertz CT molecular complexity index is 957. The number of carbonyl (C=O) groups is 5. The Labute approximate surface area is 237 Å². The molecule has 228 valence electrons. The minimum absolute atomic E-state index is 0.155. The Morgan fingerprint density at radius 3 is 1.29 bits per heavy atom. The van der Waals surface area contributed by atoms with E-state index in [-0.39, 0.29) is 12.8 Å². The smallest absolute Gasteiger partial charge is 0.462 e. The molecular weight excluding hydrogens is 567 g/mol. The van der Waals surface area contributed by atoms with Crippen molar-refractivity contribution in [3.05, 3.63) is 63.3 Å². The molecule has 1 unspecified atom stereocenters. The van der Waals surface area contributed by atoms with Gasteiger partial charge in [0.05, 0.1) is 30.7 Å². The number of hydrogen-bond donors (Lipinski definition) is 2. The maximum Gasteiger partial charge on any atom is 0.469 e. The number of rotatable bonds is 23. The van der Waals surface area contributed by atoms with Crippen LogP contribution in [-0.4, -0.2) is 85.7 Å². The van der Waals surface area contributed by atoms with Crippen molar-refractivity contribution >= 4 is 37.5 Å². The molecule has 2 N–H and O–H groups in total. The highest BCUT2D eigenvalue weighted by atomic mass is 31.2. The van der Waals surface area contributed by atoms with E-state index in [1.807, 2.05) is 0 Å². The molecule has 14 nitrogen and oxygen atoms in total. The van der Waals surface area contributed by atoms with Crippen LogP contribution in [0.3, 0.4) is 0 Å². The second-order valence-corrected chi connectivity index (χ2v) is 9.91. The summed E-state index contributed by atoms with van der Waals surface area (Å²) in [5.74, 6) is -3.88. The number of esters is 4. The molecule has 0 aromatic carbocycles. The molecule has 15 heteroatoms. The van der Waals surface area contributed by atoms with Crippen molar-refractivity contribution in [1.82, 2.24) is 0 Å². The molecule has 1 atom stereocenters. The van der Waals surface area contributed by atoms with Gasteiger partial charge in [-0.1, -0.05) is 32.9 Å². The Hall–Kier alpha value is -3.68. The minimum Gasteiger partial charge on any atom is -0.462 e. The third-order valence-corrected chi connectivity index (χ3v) is 5.70. The number of phosphoric ester groups is 1. The highest BCUT2D eigenvalue weighted by Crippen LogP contribution is 2.40.